The van der Waals surface area contributed by atoms with Gasteiger partial charge in [-0.2, -0.15) is 0 Å². The lowest BCUT2D eigenvalue weighted by Crippen LogP contribution is -2.33. The zero-order valence-corrected chi connectivity index (χ0v) is 31.3. The van der Waals surface area contributed by atoms with Crippen molar-refractivity contribution in [2.24, 2.45) is 0 Å². The molecule has 2 heterocycles. The highest BCUT2D eigenvalue weighted by atomic mass is 16.6. The van der Waals surface area contributed by atoms with Crippen molar-refractivity contribution in [2.75, 3.05) is 14.2 Å². The summed E-state index contributed by atoms with van der Waals surface area (Å²) in [5.41, 5.74) is 1.11. The molecular formula is C41H70O8. The van der Waals surface area contributed by atoms with Crippen LogP contribution in [0.15, 0.2) is 6.08 Å². The van der Waals surface area contributed by atoms with Crippen LogP contribution in [-0.4, -0.2) is 71.3 Å². The molecule has 49 heavy (non-hydrogen) atoms. The highest BCUT2D eigenvalue weighted by Crippen LogP contribution is 2.48. The van der Waals surface area contributed by atoms with E-state index in [0.29, 0.717) is 11.1 Å². The predicted molar refractivity (Wildman–Crippen MR) is 198 cm³/mol. The fraction of sp³-hybridized carbons (Fsp3) is 0.805. The van der Waals surface area contributed by atoms with E-state index in [2.05, 4.69) is 6.92 Å². The van der Waals surface area contributed by atoms with Crippen molar-refractivity contribution >= 4 is 6.08 Å². The second-order valence-corrected chi connectivity index (χ2v) is 14.6. The molecule has 8 heteroatoms. The predicted octanol–water partition coefficient (Wildman–Crippen LogP) is 9.69. The van der Waals surface area contributed by atoms with Crippen molar-refractivity contribution in [1.82, 2.24) is 0 Å². The molecule has 2 aliphatic rings. The zero-order valence-electron chi connectivity index (χ0n) is 31.3. The number of aliphatic hydroxyl groups is 2. The molecule has 4 N–H and O–H groups in total. The van der Waals surface area contributed by atoms with E-state index in [0.717, 1.165) is 77.0 Å². The van der Waals surface area contributed by atoms with Crippen LogP contribution in [-0.2, 0) is 9.47 Å². The summed E-state index contributed by atoms with van der Waals surface area (Å²) in [4.78, 5) is 0. The van der Waals surface area contributed by atoms with Crippen molar-refractivity contribution in [3.05, 3.63) is 17.2 Å². The Balaban J connectivity index is 1.18. The summed E-state index contributed by atoms with van der Waals surface area (Å²) in [5, 5.41) is 42.5. The fourth-order valence-corrected chi connectivity index (χ4v) is 7.62. The van der Waals surface area contributed by atoms with E-state index in [1.54, 1.807) is 6.92 Å². The maximum Gasteiger partial charge on any atom is 0.207 e. The van der Waals surface area contributed by atoms with Crippen molar-refractivity contribution < 1.29 is 39.4 Å². The largest absolute Gasteiger partial charge is 0.504 e. The van der Waals surface area contributed by atoms with Crippen LogP contribution >= 0.6 is 0 Å². The van der Waals surface area contributed by atoms with Crippen LogP contribution in [0.5, 0.6) is 23.0 Å². The van der Waals surface area contributed by atoms with Crippen LogP contribution in [0, 0.1) is 6.92 Å². The number of benzene rings is 1. The molecular weight excluding hydrogens is 620 g/mol. The van der Waals surface area contributed by atoms with Crippen molar-refractivity contribution in [3.63, 3.8) is 0 Å². The Kier molecular flexibility index (Phi) is 19.8. The first-order chi connectivity index (χ1) is 23.8. The lowest BCUT2D eigenvalue weighted by molar-refractivity contribution is -0.110. The van der Waals surface area contributed by atoms with Crippen LogP contribution in [0.25, 0.3) is 6.08 Å². The lowest BCUT2D eigenvalue weighted by Gasteiger charge is -2.24. The lowest BCUT2D eigenvalue weighted by atomic mass is 10.0. The van der Waals surface area contributed by atoms with E-state index in [4.69, 9.17) is 18.9 Å². The van der Waals surface area contributed by atoms with Crippen LogP contribution in [0.2, 0.25) is 0 Å². The minimum atomic E-state index is -0.406. The fourth-order valence-electron chi connectivity index (χ4n) is 7.62. The summed E-state index contributed by atoms with van der Waals surface area (Å²) < 4.78 is 23.0. The number of ether oxygens (including phenoxy) is 4. The summed E-state index contributed by atoms with van der Waals surface area (Å²) in [6.07, 6.45) is 28.7. The van der Waals surface area contributed by atoms with Gasteiger partial charge in [-0.15, -0.1) is 0 Å². The molecule has 3 rings (SSSR count). The van der Waals surface area contributed by atoms with Crippen LogP contribution in [0.1, 0.15) is 166 Å². The van der Waals surface area contributed by atoms with E-state index in [1.807, 2.05) is 12.2 Å². The SMILES string of the molecule is CCCCCCCCCC[C@@H](O)[C@H]1CC[C@H]([C@H]2CC[C@H]([C@H](O)CCCCCCCCCC/C=C/c3c(C)c(O)c(OC)c(OC)c3O)O2)O1. The number of hydrogen-bond acceptors (Lipinski definition) is 8. The van der Waals surface area contributed by atoms with Gasteiger partial charge in [0.15, 0.2) is 11.5 Å². The maximum atomic E-state index is 10.8. The van der Waals surface area contributed by atoms with Gasteiger partial charge in [0.05, 0.1) is 50.8 Å². The van der Waals surface area contributed by atoms with Gasteiger partial charge in [-0.25, -0.2) is 0 Å². The first kappa shape index (κ1) is 41.4. The molecule has 0 aliphatic carbocycles. The van der Waals surface area contributed by atoms with Gasteiger partial charge in [0, 0.05) is 11.1 Å². The molecule has 0 radical (unpaired) electrons. The number of aromatic hydroxyl groups is 2. The van der Waals surface area contributed by atoms with Gasteiger partial charge in [-0.05, 0) is 58.3 Å². The molecule has 2 saturated heterocycles. The Bertz CT molecular complexity index is 1070. The van der Waals surface area contributed by atoms with Gasteiger partial charge in [-0.1, -0.05) is 115 Å². The highest BCUT2D eigenvalue weighted by molar-refractivity contribution is 5.74. The minimum Gasteiger partial charge on any atom is -0.504 e. The first-order valence-corrected chi connectivity index (χ1v) is 19.8. The third-order valence-electron chi connectivity index (χ3n) is 10.8. The van der Waals surface area contributed by atoms with E-state index < -0.39 is 6.10 Å². The summed E-state index contributed by atoms with van der Waals surface area (Å²) in [6.45, 7) is 4.01. The number of allylic oxidation sites excluding steroid dienone is 1. The molecule has 282 valence electrons. The standard InChI is InChI=1S/C41H70O8/c1-5-6-7-8-9-15-18-21-24-32(42)34-26-28-36(48-34)37-29-27-35(49-37)33(43)25-22-19-16-13-11-10-12-14-17-20-23-31-30(2)38(44)40(46-3)41(47-4)39(31)45/h20,23,32-37,42-45H,5-19,21-22,24-29H2,1-4H3/b23-20+/t32-,33-,34-,35-,36-,37-/m1/s1. The third kappa shape index (κ3) is 13.6. The minimum absolute atomic E-state index is 0.0176. The van der Waals surface area contributed by atoms with Crippen molar-refractivity contribution in [2.45, 2.75) is 198 Å². The van der Waals surface area contributed by atoms with Gasteiger partial charge in [0.1, 0.15) is 0 Å². The average molecular weight is 691 g/mol. The molecule has 6 atom stereocenters. The summed E-state index contributed by atoms with van der Waals surface area (Å²) in [7, 11) is 2.88. The Hall–Kier alpha value is -2.00. The first-order valence-electron chi connectivity index (χ1n) is 19.8. The second-order valence-electron chi connectivity index (χ2n) is 14.6. The van der Waals surface area contributed by atoms with E-state index in [-0.39, 0.29) is 53.5 Å². The molecule has 1 aromatic rings. The van der Waals surface area contributed by atoms with Crippen LogP contribution in [0.3, 0.4) is 0 Å². The van der Waals surface area contributed by atoms with Gasteiger partial charge in [0.2, 0.25) is 11.5 Å². The third-order valence-corrected chi connectivity index (χ3v) is 10.8. The van der Waals surface area contributed by atoms with Crippen molar-refractivity contribution in [1.29, 1.82) is 0 Å². The number of rotatable bonds is 26. The van der Waals surface area contributed by atoms with E-state index in [9.17, 15) is 20.4 Å². The molecule has 2 aliphatic heterocycles. The quantitative estimate of drug-likeness (QED) is 0.0561. The maximum absolute atomic E-state index is 10.8. The van der Waals surface area contributed by atoms with E-state index >= 15 is 0 Å². The Morgan fingerprint density at radius 2 is 1.06 bits per heavy atom. The zero-order chi connectivity index (χ0) is 35.4. The van der Waals surface area contributed by atoms with Crippen LogP contribution < -0.4 is 9.47 Å². The molecule has 0 amide bonds. The summed E-state index contributed by atoms with van der Waals surface area (Å²) >= 11 is 0. The summed E-state index contributed by atoms with van der Waals surface area (Å²) in [5.74, 6) is 0.249. The average Bonchev–Trinajstić information content (AvgIpc) is 3.80. The number of phenols is 2. The number of aliphatic hydroxyl groups excluding tert-OH is 2. The number of unbranched alkanes of at least 4 members (excludes halogenated alkanes) is 15. The number of hydrogen-bond donors (Lipinski definition) is 4. The Morgan fingerprint density at radius 3 is 1.53 bits per heavy atom. The van der Waals surface area contributed by atoms with Gasteiger partial charge < -0.3 is 39.4 Å². The molecule has 0 unspecified atom stereocenters. The van der Waals surface area contributed by atoms with Gasteiger partial charge >= 0.3 is 0 Å². The smallest absolute Gasteiger partial charge is 0.207 e. The van der Waals surface area contributed by atoms with Crippen molar-refractivity contribution in [3.8, 4) is 23.0 Å². The van der Waals surface area contributed by atoms with Gasteiger partial charge in [-0.3, -0.25) is 0 Å². The second kappa shape index (κ2) is 23.5. The van der Waals surface area contributed by atoms with E-state index in [1.165, 1.54) is 84.8 Å². The highest BCUT2D eigenvalue weighted by Gasteiger charge is 2.40. The molecule has 8 nitrogen and oxygen atoms in total. The normalized spacial score (nSPS) is 22.2. The van der Waals surface area contributed by atoms with Gasteiger partial charge in [0.25, 0.3) is 0 Å². The summed E-state index contributed by atoms with van der Waals surface area (Å²) in [6, 6.07) is 0. The Labute approximate surface area is 297 Å². The topological polar surface area (TPSA) is 118 Å². The number of phenolic OH excluding ortho intramolecular Hbond substituents is 2. The molecule has 0 bridgehead atoms. The Morgan fingerprint density at radius 1 is 0.633 bits per heavy atom. The number of methoxy groups -OCH3 is 2. The molecule has 1 aromatic carbocycles. The molecule has 0 aromatic heterocycles. The molecule has 0 saturated carbocycles. The molecule has 0 spiro atoms. The van der Waals surface area contributed by atoms with Crippen LogP contribution in [0.4, 0.5) is 0 Å². The molecule has 2 fully saturated rings. The monoisotopic (exact) mass is 691 g/mol.